The highest BCUT2D eigenvalue weighted by Gasteiger charge is 2.28. The fourth-order valence-electron chi connectivity index (χ4n) is 2.39. The van der Waals surface area contributed by atoms with Gasteiger partial charge in [0.2, 0.25) is 21.8 Å². The van der Waals surface area contributed by atoms with Crippen LogP contribution in [0.2, 0.25) is 0 Å². The van der Waals surface area contributed by atoms with E-state index in [2.05, 4.69) is 5.32 Å². The molecule has 1 rings (SSSR count). The van der Waals surface area contributed by atoms with Crippen LogP contribution >= 0.6 is 12.4 Å². The zero-order valence-corrected chi connectivity index (χ0v) is 15.3. The normalized spacial score (nSPS) is 18.4. The molecule has 1 aliphatic rings. The molecule has 0 aromatic rings. The van der Waals surface area contributed by atoms with Gasteiger partial charge >= 0.3 is 0 Å². The van der Waals surface area contributed by atoms with Gasteiger partial charge in [0.05, 0.1) is 12.8 Å². The highest BCUT2D eigenvalue weighted by molar-refractivity contribution is 7.88. The average molecular weight is 371 g/mol. The molecule has 10 heteroatoms. The third-order valence-corrected chi connectivity index (χ3v) is 5.04. The molecule has 1 saturated heterocycles. The number of amides is 2. The molecule has 0 saturated carbocycles. The summed E-state index contributed by atoms with van der Waals surface area (Å²) in [6, 6.07) is -0.0871. The minimum absolute atomic E-state index is 0. The summed E-state index contributed by atoms with van der Waals surface area (Å²) in [5.74, 6) is -0.362. The van der Waals surface area contributed by atoms with Gasteiger partial charge in [-0.3, -0.25) is 9.59 Å². The van der Waals surface area contributed by atoms with Crippen LogP contribution in [0.15, 0.2) is 0 Å². The number of rotatable bonds is 7. The van der Waals surface area contributed by atoms with Crippen molar-refractivity contribution in [2.24, 2.45) is 5.73 Å². The SMILES string of the molecule is CN(CC(=O)N1CCCCC1CNC(=O)CCN)S(C)(=O)=O.Cl. The Morgan fingerprint density at radius 3 is 2.57 bits per heavy atom. The van der Waals surface area contributed by atoms with E-state index in [1.807, 2.05) is 0 Å². The predicted octanol–water partition coefficient (Wildman–Crippen LogP) is -0.854. The quantitative estimate of drug-likeness (QED) is 0.605. The minimum atomic E-state index is -3.38. The summed E-state index contributed by atoms with van der Waals surface area (Å²) in [7, 11) is -2.00. The number of hydrogen-bond acceptors (Lipinski definition) is 5. The van der Waals surface area contributed by atoms with E-state index in [0.29, 0.717) is 13.1 Å². The summed E-state index contributed by atoms with van der Waals surface area (Å²) in [5, 5.41) is 2.78. The number of hydrogen-bond donors (Lipinski definition) is 2. The second-order valence-electron chi connectivity index (χ2n) is 5.60. The van der Waals surface area contributed by atoms with Crippen LogP contribution in [-0.2, 0) is 19.6 Å². The number of nitrogens with one attached hydrogen (secondary N) is 1. The standard InChI is InChI=1S/C13H26N4O4S.ClH/c1-16(22(2,20)21)10-13(19)17-8-4-3-5-11(17)9-15-12(18)6-7-14;/h11H,3-10,14H2,1-2H3,(H,15,18);1H. The predicted molar refractivity (Wildman–Crippen MR) is 90.8 cm³/mol. The first-order chi connectivity index (χ1) is 10.3. The smallest absolute Gasteiger partial charge is 0.238 e. The first kappa shape index (κ1) is 22.1. The number of nitrogens with two attached hydrogens (primary N) is 1. The minimum Gasteiger partial charge on any atom is -0.354 e. The summed E-state index contributed by atoms with van der Waals surface area (Å²) in [4.78, 5) is 25.5. The zero-order valence-electron chi connectivity index (χ0n) is 13.7. The number of sulfonamides is 1. The lowest BCUT2D eigenvalue weighted by Crippen LogP contribution is -2.52. The highest BCUT2D eigenvalue weighted by atomic mass is 35.5. The molecule has 0 spiro atoms. The number of nitrogens with zero attached hydrogens (tertiary/aromatic N) is 2. The fraction of sp³-hybridized carbons (Fsp3) is 0.846. The molecule has 3 N–H and O–H groups in total. The Hall–Kier alpha value is -0.900. The van der Waals surface area contributed by atoms with Gasteiger partial charge in [-0.25, -0.2) is 8.42 Å². The summed E-state index contributed by atoms with van der Waals surface area (Å²) in [6.07, 6.45) is 4.01. The van der Waals surface area contributed by atoms with Gasteiger partial charge in [0, 0.05) is 39.1 Å². The maximum atomic E-state index is 12.3. The second-order valence-corrected chi connectivity index (χ2v) is 7.69. The molecule has 0 radical (unpaired) electrons. The third-order valence-electron chi connectivity index (χ3n) is 3.78. The Balaban J connectivity index is 0.00000484. The van der Waals surface area contributed by atoms with Crippen LogP contribution in [0.5, 0.6) is 0 Å². The van der Waals surface area contributed by atoms with E-state index >= 15 is 0 Å². The molecule has 136 valence electrons. The van der Waals surface area contributed by atoms with E-state index in [9.17, 15) is 18.0 Å². The van der Waals surface area contributed by atoms with Gasteiger partial charge in [-0.1, -0.05) is 0 Å². The van der Waals surface area contributed by atoms with Crippen molar-refractivity contribution in [2.75, 3.05) is 39.5 Å². The molecular weight excluding hydrogens is 344 g/mol. The van der Waals surface area contributed by atoms with Crippen molar-refractivity contribution in [3.05, 3.63) is 0 Å². The van der Waals surface area contributed by atoms with Crippen molar-refractivity contribution in [3.8, 4) is 0 Å². The Morgan fingerprint density at radius 1 is 1.35 bits per heavy atom. The van der Waals surface area contributed by atoms with Gasteiger partial charge in [0.25, 0.3) is 0 Å². The summed E-state index contributed by atoms with van der Waals surface area (Å²) in [5.41, 5.74) is 5.32. The van der Waals surface area contributed by atoms with E-state index in [1.54, 1.807) is 4.90 Å². The lowest BCUT2D eigenvalue weighted by Gasteiger charge is -2.36. The Kier molecular flexibility index (Phi) is 9.67. The van der Waals surface area contributed by atoms with Crippen molar-refractivity contribution in [1.82, 2.24) is 14.5 Å². The van der Waals surface area contributed by atoms with Crippen molar-refractivity contribution in [1.29, 1.82) is 0 Å². The van der Waals surface area contributed by atoms with Crippen molar-refractivity contribution in [3.63, 3.8) is 0 Å². The molecule has 2 amide bonds. The highest BCUT2D eigenvalue weighted by Crippen LogP contribution is 2.17. The number of carbonyl (C=O) groups excluding carboxylic acids is 2. The zero-order chi connectivity index (χ0) is 16.8. The van der Waals surface area contributed by atoms with E-state index in [4.69, 9.17) is 5.73 Å². The molecule has 8 nitrogen and oxygen atoms in total. The number of likely N-dealkylation sites (N-methyl/N-ethyl adjacent to an activating group) is 1. The molecule has 1 unspecified atom stereocenters. The molecule has 1 atom stereocenters. The van der Waals surface area contributed by atoms with Gasteiger partial charge in [0.1, 0.15) is 0 Å². The van der Waals surface area contributed by atoms with Crippen LogP contribution in [0.25, 0.3) is 0 Å². The largest absolute Gasteiger partial charge is 0.354 e. The number of likely N-dealkylation sites (tertiary alicyclic amines) is 1. The Bertz CT molecular complexity index is 500. The third kappa shape index (κ3) is 7.47. The summed E-state index contributed by atoms with van der Waals surface area (Å²) >= 11 is 0. The van der Waals surface area contributed by atoms with Gasteiger partial charge < -0.3 is 16.0 Å². The van der Waals surface area contributed by atoms with Crippen LogP contribution in [0, 0.1) is 0 Å². The van der Waals surface area contributed by atoms with Crippen LogP contribution in [-0.4, -0.2) is 75.0 Å². The van der Waals surface area contributed by atoms with Crippen LogP contribution in [0.3, 0.4) is 0 Å². The molecular formula is C13H27ClN4O4S. The Morgan fingerprint density at radius 2 is 2.00 bits per heavy atom. The summed E-state index contributed by atoms with van der Waals surface area (Å²) < 4.78 is 23.8. The van der Waals surface area contributed by atoms with Gasteiger partial charge in [-0.05, 0) is 19.3 Å². The fourth-order valence-corrected chi connectivity index (χ4v) is 2.74. The lowest BCUT2D eigenvalue weighted by molar-refractivity contribution is -0.135. The van der Waals surface area contributed by atoms with Crippen molar-refractivity contribution >= 4 is 34.2 Å². The van der Waals surface area contributed by atoms with Gasteiger partial charge in [-0.2, -0.15) is 4.31 Å². The first-order valence-electron chi connectivity index (χ1n) is 7.43. The first-order valence-corrected chi connectivity index (χ1v) is 9.28. The maximum Gasteiger partial charge on any atom is 0.238 e. The number of piperidine rings is 1. The lowest BCUT2D eigenvalue weighted by atomic mass is 10.0. The molecule has 0 bridgehead atoms. The van der Waals surface area contributed by atoms with Gasteiger partial charge in [0.15, 0.2) is 0 Å². The molecule has 0 aliphatic carbocycles. The van der Waals surface area contributed by atoms with E-state index in [0.717, 1.165) is 29.8 Å². The molecule has 23 heavy (non-hydrogen) atoms. The van der Waals surface area contributed by atoms with Crippen molar-refractivity contribution in [2.45, 2.75) is 31.7 Å². The average Bonchev–Trinajstić information content (AvgIpc) is 2.44. The van der Waals surface area contributed by atoms with Gasteiger partial charge in [-0.15, -0.1) is 12.4 Å². The van der Waals surface area contributed by atoms with Crippen LogP contribution < -0.4 is 11.1 Å². The second kappa shape index (κ2) is 10.1. The Labute approximate surface area is 144 Å². The van der Waals surface area contributed by atoms with Crippen LogP contribution in [0.1, 0.15) is 25.7 Å². The van der Waals surface area contributed by atoms with E-state index in [1.165, 1.54) is 7.05 Å². The molecule has 0 aromatic heterocycles. The molecule has 1 heterocycles. The molecule has 1 fully saturated rings. The van der Waals surface area contributed by atoms with Crippen molar-refractivity contribution < 1.29 is 18.0 Å². The summed E-state index contributed by atoms with van der Waals surface area (Å²) in [6.45, 7) is 1.09. The van der Waals surface area contributed by atoms with Crippen LogP contribution in [0.4, 0.5) is 0 Å². The van der Waals surface area contributed by atoms with E-state index < -0.39 is 10.0 Å². The molecule has 1 aliphatic heterocycles. The molecule has 0 aromatic carbocycles. The topological polar surface area (TPSA) is 113 Å². The number of carbonyl (C=O) groups is 2. The van der Waals surface area contributed by atoms with E-state index in [-0.39, 0.29) is 49.8 Å². The maximum absolute atomic E-state index is 12.3. The number of halogens is 1. The monoisotopic (exact) mass is 370 g/mol.